The van der Waals surface area contributed by atoms with Crippen LogP contribution >= 0.6 is 11.6 Å². The summed E-state index contributed by atoms with van der Waals surface area (Å²) in [7, 11) is 1.49. The highest BCUT2D eigenvalue weighted by Crippen LogP contribution is 2.49. The van der Waals surface area contributed by atoms with Gasteiger partial charge in [-0.25, -0.2) is 0 Å². The molecule has 1 aromatic rings. The molecule has 0 aromatic heterocycles. The van der Waals surface area contributed by atoms with Crippen LogP contribution in [0.2, 0.25) is 5.02 Å². The molecule has 124 valence electrons. The van der Waals surface area contributed by atoms with Crippen molar-refractivity contribution in [2.24, 2.45) is 11.3 Å². The lowest BCUT2D eigenvalue weighted by molar-refractivity contribution is -0.151. The number of carboxylic acids is 1. The first kappa shape index (κ1) is 16.3. The van der Waals surface area contributed by atoms with E-state index in [2.05, 4.69) is 0 Å². The van der Waals surface area contributed by atoms with Crippen LogP contribution < -0.4 is 0 Å². The van der Waals surface area contributed by atoms with Gasteiger partial charge >= 0.3 is 5.97 Å². The molecule has 1 aliphatic carbocycles. The fourth-order valence-corrected chi connectivity index (χ4v) is 3.70. The number of halogens is 1. The van der Waals surface area contributed by atoms with E-state index >= 15 is 0 Å². The predicted molar refractivity (Wildman–Crippen MR) is 85.4 cm³/mol. The maximum absolute atomic E-state index is 12.7. The van der Waals surface area contributed by atoms with E-state index in [0.717, 1.165) is 12.0 Å². The second-order valence-electron chi connectivity index (χ2n) is 6.53. The van der Waals surface area contributed by atoms with Gasteiger partial charge in [0, 0.05) is 31.1 Å². The molecule has 23 heavy (non-hydrogen) atoms. The number of hydrogen-bond donors (Lipinski definition) is 1. The van der Waals surface area contributed by atoms with E-state index < -0.39 is 11.4 Å². The van der Waals surface area contributed by atoms with Crippen molar-refractivity contribution in [3.05, 3.63) is 34.9 Å². The van der Waals surface area contributed by atoms with E-state index in [-0.39, 0.29) is 30.9 Å². The van der Waals surface area contributed by atoms with Gasteiger partial charge in [-0.05, 0) is 36.5 Å². The number of benzene rings is 1. The quantitative estimate of drug-likeness (QED) is 0.896. The van der Waals surface area contributed by atoms with E-state index in [9.17, 15) is 14.7 Å². The van der Waals surface area contributed by atoms with Crippen LogP contribution in [0, 0.1) is 11.3 Å². The molecule has 1 saturated carbocycles. The highest BCUT2D eigenvalue weighted by Gasteiger charge is 2.51. The first-order valence-electron chi connectivity index (χ1n) is 7.73. The van der Waals surface area contributed by atoms with Crippen LogP contribution in [0.25, 0.3) is 0 Å². The molecule has 1 aliphatic heterocycles. The van der Waals surface area contributed by atoms with Gasteiger partial charge in [0.15, 0.2) is 0 Å². The molecule has 2 aliphatic rings. The van der Waals surface area contributed by atoms with Crippen molar-refractivity contribution in [2.45, 2.75) is 18.8 Å². The van der Waals surface area contributed by atoms with Gasteiger partial charge in [0.25, 0.3) is 0 Å². The molecule has 1 heterocycles. The molecule has 1 saturated heterocycles. The first-order valence-corrected chi connectivity index (χ1v) is 8.11. The van der Waals surface area contributed by atoms with Crippen LogP contribution in [0.5, 0.6) is 0 Å². The van der Waals surface area contributed by atoms with Gasteiger partial charge in [-0.3, -0.25) is 9.59 Å². The summed E-state index contributed by atoms with van der Waals surface area (Å²) in [5.41, 5.74) is 0.113. The topological polar surface area (TPSA) is 66.8 Å². The summed E-state index contributed by atoms with van der Waals surface area (Å²) in [6, 6.07) is 7.59. The number of carbonyl (C=O) groups is 2. The van der Waals surface area contributed by atoms with Crippen LogP contribution in [0.3, 0.4) is 0 Å². The average molecular weight is 338 g/mol. The predicted octanol–water partition coefficient (Wildman–Crippen LogP) is 2.39. The third-order valence-electron chi connectivity index (χ3n) is 4.92. The molecule has 6 heteroatoms. The first-order chi connectivity index (χ1) is 11.0. The van der Waals surface area contributed by atoms with Crippen LogP contribution in [-0.2, 0) is 14.3 Å². The Morgan fingerprint density at radius 1 is 1.48 bits per heavy atom. The Balaban J connectivity index is 1.66. The molecule has 0 radical (unpaired) electrons. The SMILES string of the molecule is COCC1(C(=O)O)CCN(C(=O)C2CC2c2cccc(Cl)c2)C1. The molecule has 3 rings (SSSR count). The van der Waals surface area contributed by atoms with Crippen molar-refractivity contribution < 1.29 is 19.4 Å². The lowest BCUT2D eigenvalue weighted by atomic mass is 9.88. The van der Waals surface area contributed by atoms with Gasteiger partial charge in [-0.1, -0.05) is 23.7 Å². The largest absolute Gasteiger partial charge is 0.481 e. The van der Waals surface area contributed by atoms with Gasteiger partial charge in [-0.15, -0.1) is 0 Å². The number of rotatable bonds is 5. The van der Waals surface area contributed by atoms with E-state index in [1.54, 1.807) is 4.90 Å². The molecular formula is C17H20ClNO4. The zero-order valence-corrected chi connectivity index (χ0v) is 13.8. The van der Waals surface area contributed by atoms with Gasteiger partial charge in [-0.2, -0.15) is 0 Å². The second-order valence-corrected chi connectivity index (χ2v) is 6.97. The molecule has 1 aromatic carbocycles. The fourth-order valence-electron chi connectivity index (χ4n) is 3.50. The number of ether oxygens (including phenoxy) is 1. The number of carbonyl (C=O) groups excluding carboxylic acids is 1. The smallest absolute Gasteiger partial charge is 0.313 e. The number of methoxy groups -OCH3 is 1. The van der Waals surface area contributed by atoms with Crippen molar-refractivity contribution in [1.82, 2.24) is 4.90 Å². The molecule has 0 bridgehead atoms. The number of aliphatic carboxylic acids is 1. The standard InChI is InChI=1S/C17H20ClNO4/c1-23-10-17(16(21)22)5-6-19(9-17)15(20)14-8-13(14)11-3-2-4-12(18)7-11/h2-4,7,13-14H,5-6,8-10H2,1H3,(H,21,22). The van der Waals surface area contributed by atoms with Crippen LogP contribution in [0.4, 0.5) is 0 Å². The van der Waals surface area contributed by atoms with Gasteiger partial charge in [0.05, 0.1) is 6.61 Å². The number of nitrogens with zero attached hydrogens (tertiary/aromatic N) is 1. The van der Waals surface area contributed by atoms with Crippen LogP contribution in [-0.4, -0.2) is 48.7 Å². The van der Waals surface area contributed by atoms with E-state index in [1.807, 2.05) is 24.3 Å². The van der Waals surface area contributed by atoms with E-state index in [1.165, 1.54) is 7.11 Å². The van der Waals surface area contributed by atoms with Crippen molar-refractivity contribution in [2.75, 3.05) is 26.8 Å². The second kappa shape index (κ2) is 6.13. The number of hydrogen-bond acceptors (Lipinski definition) is 3. The molecule has 0 spiro atoms. The lowest BCUT2D eigenvalue weighted by Gasteiger charge is -2.24. The summed E-state index contributed by atoms with van der Waals surface area (Å²) < 4.78 is 5.06. The lowest BCUT2D eigenvalue weighted by Crippen LogP contribution is -2.40. The summed E-state index contributed by atoms with van der Waals surface area (Å²) in [6.07, 6.45) is 1.25. The van der Waals surface area contributed by atoms with Gasteiger partial charge < -0.3 is 14.7 Å². The monoisotopic (exact) mass is 337 g/mol. The van der Waals surface area contributed by atoms with Crippen molar-refractivity contribution in [1.29, 1.82) is 0 Å². The fraction of sp³-hybridized carbons (Fsp3) is 0.529. The summed E-state index contributed by atoms with van der Waals surface area (Å²) in [4.78, 5) is 25.9. The average Bonchev–Trinajstić information content (AvgIpc) is 3.20. The Bertz CT molecular complexity index is 635. The summed E-state index contributed by atoms with van der Waals surface area (Å²) >= 11 is 6.00. The number of carboxylic acid groups (broad SMARTS) is 1. The maximum atomic E-state index is 12.7. The minimum absolute atomic E-state index is 0.0502. The molecule has 2 fully saturated rings. The van der Waals surface area contributed by atoms with Crippen LogP contribution in [0.15, 0.2) is 24.3 Å². The molecule has 5 nitrogen and oxygen atoms in total. The molecule has 3 unspecified atom stereocenters. The zero-order chi connectivity index (χ0) is 16.6. The Morgan fingerprint density at radius 2 is 2.26 bits per heavy atom. The third-order valence-corrected chi connectivity index (χ3v) is 5.16. The summed E-state index contributed by atoms with van der Waals surface area (Å²) in [5, 5.41) is 10.1. The third kappa shape index (κ3) is 3.08. The normalized spacial score (nSPS) is 29.6. The highest BCUT2D eigenvalue weighted by molar-refractivity contribution is 6.30. The zero-order valence-electron chi connectivity index (χ0n) is 13.0. The Labute approximate surface area is 140 Å². The summed E-state index contributed by atoms with van der Waals surface area (Å²) in [6.45, 7) is 0.843. The van der Waals surface area contributed by atoms with Crippen molar-refractivity contribution in [3.8, 4) is 0 Å². The number of likely N-dealkylation sites (tertiary alicyclic amines) is 1. The Kier molecular flexibility index (Phi) is 4.34. The van der Waals surface area contributed by atoms with Gasteiger partial charge in [0.1, 0.15) is 5.41 Å². The minimum atomic E-state index is -0.967. The highest BCUT2D eigenvalue weighted by atomic mass is 35.5. The Hall–Kier alpha value is -1.59. The van der Waals surface area contributed by atoms with Crippen LogP contribution in [0.1, 0.15) is 24.3 Å². The maximum Gasteiger partial charge on any atom is 0.313 e. The van der Waals surface area contributed by atoms with Crippen molar-refractivity contribution >= 4 is 23.5 Å². The molecule has 1 N–H and O–H groups in total. The van der Waals surface area contributed by atoms with Gasteiger partial charge in [0.2, 0.25) is 5.91 Å². The molecule has 3 atom stereocenters. The van der Waals surface area contributed by atoms with E-state index in [0.29, 0.717) is 18.0 Å². The number of amides is 1. The van der Waals surface area contributed by atoms with Crippen molar-refractivity contribution in [3.63, 3.8) is 0 Å². The summed E-state index contributed by atoms with van der Waals surface area (Å²) in [5.74, 6) is -0.699. The van der Waals surface area contributed by atoms with E-state index in [4.69, 9.17) is 16.3 Å². The Morgan fingerprint density at radius 3 is 2.91 bits per heavy atom. The molecular weight excluding hydrogens is 318 g/mol. The minimum Gasteiger partial charge on any atom is -0.481 e. The molecule has 1 amide bonds.